The van der Waals surface area contributed by atoms with E-state index in [0.717, 1.165) is 0 Å². The molecule has 0 amide bonds. The van der Waals surface area contributed by atoms with E-state index in [2.05, 4.69) is 38.1 Å². The lowest BCUT2D eigenvalue weighted by molar-refractivity contribution is 0.570. The van der Waals surface area contributed by atoms with Gasteiger partial charge in [-0.25, -0.2) is 0 Å². The van der Waals surface area contributed by atoms with Gasteiger partial charge in [0.05, 0.1) is 0 Å². The summed E-state index contributed by atoms with van der Waals surface area (Å²) in [6.07, 6.45) is 25.3. The summed E-state index contributed by atoms with van der Waals surface area (Å²) in [6.45, 7) is 4.59. The van der Waals surface area contributed by atoms with Crippen LogP contribution in [0.25, 0.3) is 0 Å². The normalized spacial score (nSPS) is 11.2. The molecule has 0 radical (unpaired) electrons. The van der Waals surface area contributed by atoms with Crippen LogP contribution in [0.1, 0.15) is 128 Å². The Morgan fingerprint density at radius 3 is 1.08 bits per heavy atom. The molecule has 0 unspecified atom stereocenters. The summed E-state index contributed by atoms with van der Waals surface area (Å²) in [5.74, 6) is 0. The molecular weight excluding hydrogens is 312 g/mol. The third kappa shape index (κ3) is 12.6. The third-order valence-corrected chi connectivity index (χ3v) is 5.72. The molecule has 0 bridgehead atoms. The zero-order valence-electron chi connectivity index (χ0n) is 18.0. The lowest BCUT2D eigenvalue weighted by Gasteiger charge is -2.10. The summed E-state index contributed by atoms with van der Waals surface area (Å²) in [4.78, 5) is 0. The van der Waals surface area contributed by atoms with Gasteiger partial charge >= 0.3 is 0 Å². The summed E-state index contributed by atoms with van der Waals surface area (Å²) >= 11 is 0. The summed E-state index contributed by atoms with van der Waals surface area (Å²) in [7, 11) is 0. The molecule has 0 aliphatic heterocycles. The second-order valence-electron chi connectivity index (χ2n) is 8.22. The largest absolute Gasteiger partial charge is 0.0654 e. The highest BCUT2D eigenvalue weighted by Crippen LogP contribution is 2.18. The molecule has 0 aliphatic rings. The number of benzene rings is 1. The van der Waals surface area contributed by atoms with E-state index in [0.29, 0.717) is 0 Å². The number of aryl methyl sites for hydroxylation is 2. The minimum absolute atomic E-state index is 1.29. The van der Waals surface area contributed by atoms with E-state index in [-0.39, 0.29) is 0 Å². The fraction of sp³-hybridized carbons (Fsp3) is 0.769. The van der Waals surface area contributed by atoms with Crippen LogP contribution in [0.2, 0.25) is 0 Å². The van der Waals surface area contributed by atoms with E-state index in [1.165, 1.54) is 116 Å². The van der Waals surface area contributed by atoms with Crippen molar-refractivity contribution in [2.24, 2.45) is 0 Å². The fourth-order valence-electron chi connectivity index (χ4n) is 3.94. The van der Waals surface area contributed by atoms with Crippen LogP contribution >= 0.6 is 0 Å². The molecule has 0 heterocycles. The molecule has 0 fully saturated rings. The van der Waals surface area contributed by atoms with Crippen LogP contribution in [0.4, 0.5) is 0 Å². The maximum absolute atomic E-state index is 2.38. The Balaban J connectivity index is 2.10. The van der Waals surface area contributed by atoms with E-state index in [1.54, 1.807) is 11.1 Å². The second-order valence-corrected chi connectivity index (χ2v) is 8.22. The van der Waals surface area contributed by atoms with Crippen molar-refractivity contribution >= 4 is 0 Å². The lowest BCUT2D eigenvalue weighted by Crippen LogP contribution is -1.95. The van der Waals surface area contributed by atoms with Gasteiger partial charge in [-0.15, -0.1) is 0 Å². The van der Waals surface area contributed by atoms with Gasteiger partial charge in [0.2, 0.25) is 0 Å². The highest BCUT2D eigenvalue weighted by Gasteiger charge is 2.02. The Labute approximate surface area is 165 Å². The number of rotatable bonds is 18. The Bertz CT molecular complexity index is 367. The topological polar surface area (TPSA) is 0 Å². The van der Waals surface area contributed by atoms with Crippen LogP contribution < -0.4 is 0 Å². The van der Waals surface area contributed by atoms with Crippen molar-refractivity contribution in [3.63, 3.8) is 0 Å². The average Bonchev–Trinajstić information content (AvgIpc) is 2.67. The molecule has 0 atom stereocenters. The zero-order chi connectivity index (χ0) is 18.7. The van der Waals surface area contributed by atoms with Crippen LogP contribution in [0.15, 0.2) is 24.3 Å². The minimum atomic E-state index is 1.29. The van der Waals surface area contributed by atoms with Crippen molar-refractivity contribution in [3.8, 4) is 0 Å². The maximum Gasteiger partial charge on any atom is -0.0276 e. The van der Waals surface area contributed by atoms with E-state index < -0.39 is 0 Å². The van der Waals surface area contributed by atoms with Crippen molar-refractivity contribution < 1.29 is 0 Å². The Hall–Kier alpha value is -0.780. The van der Waals surface area contributed by atoms with Crippen molar-refractivity contribution in [3.05, 3.63) is 35.4 Å². The Morgan fingerprint density at radius 1 is 0.423 bits per heavy atom. The van der Waals surface area contributed by atoms with Crippen LogP contribution in [0.3, 0.4) is 0 Å². The fourth-order valence-corrected chi connectivity index (χ4v) is 3.94. The van der Waals surface area contributed by atoms with Crippen molar-refractivity contribution in [2.75, 3.05) is 0 Å². The Morgan fingerprint density at radius 2 is 0.731 bits per heavy atom. The Kier molecular flexibility index (Phi) is 15.8. The number of unbranched alkanes of at least 4 members (excludes halogenated alkanes) is 14. The van der Waals surface area contributed by atoms with Gasteiger partial charge in [-0.1, -0.05) is 128 Å². The number of hydrogen-bond donors (Lipinski definition) is 0. The molecule has 0 heteroatoms. The molecule has 0 aliphatic carbocycles. The van der Waals surface area contributed by atoms with Gasteiger partial charge in [0.25, 0.3) is 0 Å². The first-order valence-electron chi connectivity index (χ1n) is 11.9. The van der Waals surface area contributed by atoms with Crippen LogP contribution in [-0.4, -0.2) is 0 Å². The highest BCUT2D eigenvalue weighted by atomic mass is 14.1. The SMILES string of the molecule is CCCCCCCCCCc1ccccc1CCCCCCCCCC. The van der Waals surface area contributed by atoms with Gasteiger partial charge in [0.1, 0.15) is 0 Å². The molecule has 1 aromatic carbocycles. The molecule has 1 aromatic rings. The molecule has 0 N–H and O–H groups in total. The lowest BCUT2D eigenvalue weighted by atomic mass is 9.96. The molecule has 1 rings (SSSR count). The predicted octanol–water partition coefficient (Wildman–Crippen LogP) is 9.05. The van der Waals surface area contributed by atoms with Crippen LogP contribution in [0, 0.1) is 0 Å². The van der Waals surface area contributed by atoms with Crippen LogP contribution in [-0.2, 0) is 12.8 Å². The van der Waals surface area contributed by atoms with Gasteiger partial charge in [-0.05, 0) is 36.8 Å². The molecule has 0 nitrogen and oxygen atoms in total. The molecule has 0 spiro atoms. The summed E-state index contributed by atoms with van der Waals surface area (Å²) in [5.41, 5.74) is 3.25. The molecule has 0 aromatic heterocycles. The van der Waals surface area contributed by atoms with E-state index in [4.69, 9.17) is 0 Å². The van der Waals surface area contributed by atoms with E-state index in [1.807, 2.05) is 0 Å². The smallest absolute Gasteiger partial charge is 0.0276 e. The second kappa shape index (κ2) is 17.6. The molecule has 150 valence electrons. The van der Waals surface area contributed by atoms with Gasteiger partial charge in [0, 0.05) is 0 Å². The minimum Gasteiger partial charge on any atom is -0.0654 e. The average molecular weight is 359 g/mol. The standard InChI is InChI=1S/C26H46/c1-3-5-7-9-11-13-15-17-21-25-23-19-20-24-26(25)22-18-16-14-12-10-8-6-4-2/h19-20,23-24H,3-18,21-22H2,1-2H3. The quantitative estimate of drug-likeness (QED) is 0.229. The summed E-state index contributed by atoms with van der Waals surface area (Å²) < 4.78 is 0. The van der Waals surface area contributed by atoms with Crippen LogP contribution in [0.5, 0.6) is 0 Å². The monoisotopic (exact) mass is 358 g/mol. The van der Waals surface area contributed by atoms with E-state index >= 15 is 0 Å². The molecule has 0 saturated heterocycles. The maximum atomic E-state index is 2.38. The van der Waals surface area contributed by atoms with Gasteiger partial charge in [-0.3, -0.25) is 0 Å². The molecule has 0 saturated carbocycles. The van der Waals surface area contributed by atoms with Gasteiger partial charge < -0.3 is 0 Å². The first-order chi connectivity index (χ1) is 12.9. The summed E-state index contributed by atoms with van der Waals surface area (Å²) in [5, 5.41) is 0. The van der Waals surface area contributed by atoms with Crippen molar-refractivity contribution in [2.45, 2.75) is 129 Å². The first kappa shape index (κ1) is 23.3. The van der Waals surface area contributed by atoms with Crippen molar-refractivity contribution in [1.82, 2.24) is 0 Å². The highest BCUT2D eigenvalue weighted by molar-refractivity contribution is 5.27. The van der Waals surface area contributed by atoms with E-state index in [9.17, 15) is 0 Å². The predicted molar refractivity (Wildman–Crippen MR) is 119 cm³/mol. The number of hydrogen-bond acceptors (Lipinski definition) is 0. The zero-order valence-corrected chi connectivity index (χ0v) is 18.0. The third-order valence-electron chi connectivity index (χ3n) is 5.72. The molecule has 26 heavy (non-hydrogen) atoms. The van der Waals surface area contributed by atoms with Gasteiger partial charge in [-0.2, -0.15) is 0 Å². The van der Waals surface area contributed by atoms with Gasteiger partial charge in [0.15, 0.2) is 0 Å². The molecular formula is C26H46. The summed E-state index contributed by atoms with van der Waals surface area (Å²) in [6, 6.07) is 9.22. The first-order valence-corrected chi connectivity index (χ1v) is 11.9. The van der Waals surface area contributed by atoms with Crippen molar-refractivity contribution in [1.29, 1.82) is 0 Å².